The van der Waals surface area contributed by atoms with Gasteiger partial charge in [-0.05, 0) is 35.7 Å². The van der Waals surface area contributed by atoms with Crippen LogP contribution < -0.4 is 0 Å². The lowest BCUT2D eigenvalue weighted by atomic mass is 10.0. The quantitative estimate of drug-likeness (QED) is 0.675. The Morgan fingerprint density at radius 1 is 0.800 bits per heavy atom. The SMILES string of the molecule is Cc1cccc(S)c1-c1ccccc1S. The minimum atomic E-state index is 0.988. The van der Waals surface area contributed by atoms with Gasteiger partial charge in [0.25, 0.3) is 0 Å². The molecule has 0 spiro atoms. The molecule has 0 amide bonds. The highest BCUT2D eigenvalue weighted by molar-refractivity contribution is 7.80. The molecule has 0 fully saturated rings. The predicted molar refractivity (Wildman–Crippen MR) is 71.1 cm³/mol. The average molecular weight is 232 g/mol. The summed E-state index contributed by atoms with van der Waals surface area (Å²) in [5.74, 6) is 0. The first-order chi connectivity index (χ1) is 7.20. The van der Waals surface area contributed by atoms with Crippen molar-refractivity contribution in [1.29, 1.82) is 0 Å². The molecular weight excluding hydrogens is 220 g/mol. The minimum absolute atomic E-state index is 0.988. The first-order valence-corrected chi connectivity index (χ1v) is 5.66. The second-order valence-corrected chi connectivity index (χ2v) is 4.45. The van der Waals surface area contributed by atoms with E-state index in [0.29, 0.717) is 0 Å². The maximum atomic E-state index is 4.49. The summed E-state index contributed by atoms with van der Waals surface area (Å²) in [5.41, 5.74) is 3.54. The second kappa shape index (κ2) is 4.33. The lowest BCUT2D eigenvalue weighted by molar-refractivity contribution is 1.33. The van der Waals surface area contributed by atoms with E-state index in [1.54, 1.807) is 0 Å². The van der Waals surface area contributed by atoms with Crippen molar-refractivity contribution in [2.45, 2.75) is 16.7 Å². The van der Waals surface area contributed by atoms with Crippen molar-refractivity contribution in [3.63, 3.8) is 0 Å². The van der Waals surface area contributed by atoms with Gasteiger partial charge in [0.05, 0.1) is 0 Å². The summed E-state index contributed by atoms with van der Waals surface area (Å²) in [6, 6.07) is 14.2. The molecule has 0 aliphatic carbocycles. The number of thiol groups is 2. The van der Waals surface area contributed by atoms with Gasteiger partial charge in [-0.2, -0.15) is 0 Å². The Hall–Kier alpha value is -0.860. The standard InChI is InChI=1S/C13H12S2/c1-9-5-4-8-12(15)13(9)10-6-2-3-7-11(10)14/h2-8,14-15H,1H3. The fraction of sp³-hybridized carbons (Fsp3) is 0.0769. The number of aryl methyl sites for hydroxylation is 1. The number of hydrogen-bond acceptors (Lipinski definition) is 2. The lowest BCUT2D eigenvalue weighted by Crippen LogP contribution is -1.86. The molecule has 0 aromatic heterocycles. The van der Waals surface area contributed by atoms with E-state index in [4.69, 9.17) is 0 Å². The molecule has 0 N–H and O–H groups in total. The van der Waals surface area contributed by atoms with Crippen molar-refractivity contribution in [2.75, 3.05) is 0 Å². The van der Waals surface area contributed by atoms with E-state index < -0.39 is 0 Å². The van der Waals surface area contributed by atoms with Crippen LogP contribution in [0.1, 0.15) is 5.56 Å². The van der Waals surface area contributed by atoms with Gasteiger partial charge in [0.2, 0.25) is 0 Å². The fourth-order valence-corrected chi connectivity index (χ4v) is 2.34. The Balaban J connectivity index is 2.69. The van der Waals surface area contributed by atoms with E-state index in [2.05, 4.69) is 44.3 Å². The topological polar surface area (TPSA) is 0 Å². The summed E-state index contributed by atoms with van der Waals surface area (Å²) in [5, 5.41) is 0. The van der Waals surface area contributed by atoms with Crippen LogP contribution in [0.15, 0.2) is 52.3 Å². The number of benzene rings is 2. The van der Waals surface area contributed by atoms with Gasteiger partial charge in [-0.1, -0.05) is 30.3 Å². The highest BCUT2D eigenvalue weighted by atomic mass is 32.1. The highest BCUT2D eigenvalue weighted by Gasteiger charge is 2.07. The molecule has 2 aromatic carbocycles. The van der Waals surface area contributed by atoms with Crippen molar-refractivity contribution in [3.8, 4) is 11.1 Å². The third-order valence-corrected chi connectivity index (χ3v) is 3.19. The van der Waals surface area contributed by atoms with Crippen molar-refractivity contribution >= 4 is 25.3 Å². The second-order valence-electron chi connectivity index (χ2n) is 3.49. The molecular formula is C13H12S2. The van der Waals surface area contributed by atoms with Crippen molar-refractivity contribution < 1.29 is 0 Å². The Labute approximate surface area is 101 Å². The van der Waals surface area contributed by atoms with E-state index in [-0.39, 0.29) is 0 Å². The Morgan fingerprint density at radius 3 is 2.13 bits per heavy atom. The van der Waals surface area contributed by atoms with Gasteiger partial charge in [-0.25, -0.2) is 0 Å². The molecule has 0 saturated carbocycles. The Kier molecular flexibility index (Phi) is 3.08. The van der Waals surface area contributed by atoms with Gasteiger partial charge in [0, 0.05) is 9.79 Å². The maximum absolute atomic E-state index is 4.49. The fourth-order valence-electron chi connectivity index (χ4n) is 1.69. The molecule has 0 bridgehead atoms. The summed E-state index contributed by atoms with van der Waals surface area (Å²) in [6.45, 7) is 2.09. The molecule has 0 heterocycles. The van der Waals surface area contributed by atoms with Crippen LogP contribution in [0, 0.1) is 6.92 Å². The molecule has 0 aliphatic heterocycles. The van der Waals surface area contributed by atoms with Crippen LogP contribution in [0.2, 0.25) is 0 Å². The summed E-state index contributed by atoms with van der Waals surface area (Å²) in [6.07, 6.45) is 0. The van der Waals surface area contributed by atoms with Crippen LogP contribution in [0.4, 0.5) is 0 Å². The minimum Gasteiger partial charge on any atom is -0.143 e. The summed E-state index contributed by atoms with van der Waals surface area (Å²) in [7, 11) is 0. The molecule has 76 valence electrons. The Morgan fingerprint density at radius 2 is 1.47 bits per heavy atom. The van der Waals surface area contributed by atoms with Crippen LogP contribution >= 0.6 is 25.3 Å². The largest absolute Gasteiger partial charge is 0.143 e. The summed E-state index contributed by atoms with van der Waals surface area (Å²) >= 11 is 8.96. The number of hydrogen-bond donors (Lipinski definition) is 2. The third kappa shape index (κ3) is 2.06. The maximum Gasteiger partial charge on any atom is 0.0122 e. The predicted octanol–water partition coefficient (Wildman–Crippen LogP) is 4.24. The van der Waals surface area contributed by atoms with E-state index in [0.717, 1.165) is 15.4 Å². The Bertz CT molecular complexity index is 469. The van der Waals surface area contributed by atoms with Gasteiger partial charge in [0.15, 0.2) is 0 Å². The average Bonchev–Trinajstić information content (AvgIpc) is 2.20. The van der Waals surface area contributed by atoms with Gasteiger partial charge in [-0.15, -0.1) is 25.3 Å². The van der Waals surface area contributed by atoms with Crippen LogP contribution in [-0.2, 0) is 0 Å². The molecule has 0 saturated heterocycles. The van der Waals surface area contributed by atoms with Crippen molar-refractivity contribution in [3.05, 3.63) is 48.0 Å². The molecule has 2 aromatic rings. The molecule has 0 nitrogen and oxygen atoms in total. The van der Waals surface area contributed by atoms with Gasteiger partial charge in [0.1, 0.15) is 0 Å². The molecule has 0 radical (unpaired) electrons. The number of rotatable bonds is 1. The molecule has 2 heteroatoms. The summed E-state index contributed by atoms with van der Waals surface area (Å²) in [4.78, 5) is 1.98. The molecule has 0 unspecified atom stereocenters. The monoisotopic (exact) mass is 232 g/mol. The lowest BCUT2D eigenvalue weighted by Gasteiger charge is -2.10. The normalized spacial score (nSPS) is 10.3. The van der Waals surface area contributed by atoms with Crippen LogP contribution in [0.25, 0.3) is 11.1 Å². The van der Waals surface area contributed by atoms with E-state index >= 15 is 0 Å². The van der Waals surface area contributed by atoms with E-state index in [9.17, 15) is 0 Å². The zero-order chi connectivity index (χ0) is 10.8. The van der Waals surface area contributed by atoms with Crippen LogP contribution in [-0.4, -0.2) is 0 Å². The van der Waals surface area contributed by atoms with Crippen molar-refractivity contribution in [1.82, 2.24) is 0 Å². The van der Waals surface area contributed by atoms with E-state index in [1.807, 2.05) is 30.3 Å². The molecule has 15 heavy (non-hydrogen) atoms. The smallest absolute Gasteiger partial charge is 0.0122 e. The highest BCUT2D eigenvalue weighted by Crippen LogP contribution is 2.33. The molecule has 0 aliphatic rings. The van der Waals surface area contributed by atoms with Crippen LogP contribution in [0.3, 0.4) is 0 Å². The first kappa shape index (κ1) is 10.7. The third-order valence-electron chi connectivity index (χ3n) is 2.42. The van der Waals surface area contributed by atoms with Gasteiger partial charge >= 0.3 is 0 Å². The van der Waals surface area contributed by atoms with Crippen molar-refractivity contribution in [2.24, 2.45) is 0 Å². The van der Waals surface area contributed by atoms with Crippen LogP contribution in [0.5, 0.6) is 0 Å². The van der Waals surface area contributed by atoms with E-state index in [1.165, 1.54) is 11.1 Å². The van der Waals surface area contributed by atoms with Gasteiger partial charge < -0.3 is 0 Å². The zero-order valence-electron chi connectivity index (χ0n) is 8.44. The first-order valence-electron chi connectivity index (χ1n) is 4.77. The molecule has 0 atom stereocenters. The summed E-state index contributed by atoms with van der Waals surface area (Å²) < 4.78 is 0. The van der Waals surface area contributed by atoms with Gasteiger partial charge in [-0.3, -0.25) is 0 Å². The molecule has 2 rings (SSSR count). The zero-order valence-corrected chi connectivity index (χ0v) is 10.2.